The number of amides is 1. The van der Waals surface area contributed by atoms with Crippen LogP contribution in [0.25, 0.3) is 11.0 Å². The summed E-state index contributed by atoms with van der Waals surface area (Å²) in [4.78, 5) is 18.4. The highest BCUT2D eigenvalue weighted by atomic mass is 32.1. The highest BCUT2D eigenvalue weighted by Crippen LogP contribution is 2.15. The van der Waals surface area contributed by atoms with Crippen molar-refractivity contribution >= 4 is 29.6 Å². The van der Waals surface area contributed by atoms with Crippen LogP contribution >= 0.6 is 12.6 Å². The molecule has 0 spiro atoms. The topological polar surface area (TPSA) is 71.8 Å². The number of hydrogen-bond donors (Lipinski definition) is 3. The number of H-pyrrole nitrogens is 1. The molecule has 1 aromatic carbocycles. The third-order valence-electron chi connectivity index (χ3n) is 1.70. The molecule has 0 radical (unpaired) electrons. The summed E-state index contributed by atoms with van der Waals surface area (Å²) in [5.41, 5.74) is 6.54. The van der Waals surface area contributed by atoms with Crippen LogP contribution in [0.4, 0.5) is 0 Å². The molecule has 0 unspecified atom stereocenters. The number of nitrogens with one attached hydrogen (secondary N) is 1. The monoisotopic (exact) mass is 193 g/mol. The average molecular weight is 193 g/mol. The fourth-order valence-corrected chi connectivity index (χ4v) is 1.32. The molecule has 2 aromatic rings. The molecule has 0 atom stereocenters. The van der Waals surface area contributed by atoms with E-state index in [2.05, 4.69) is 22.6 Å². The Balaban J connectivity index is 2.68. The number of aromatic amines is 1. The van der Waals surface area contributed by atoms with Crippen molar-refractivity contribution in [3.8, 4) is 0 Å². The van der Waals surface area contributed by atoms with Crippen molar-refractivity contribution in [1.29, 1.82) is 0 Å². The van der Waals surface area contributed by atoms with Crippen LogP contribution in [0, 0.1) is 0 Å². The van der Waals surface area contributed by atoms with Crippen LogP contribution < -0.4 is 5.73 Å². The molecule has 0 aliphatic heterocycles. The molecule has 0 saturated carbocycles. The second-order valence-corrected chi connectivity index (χ2v) is 3.17. The van der Waals surface area contributed by atoms with E-state index in [1.807, 2.05) is 0 Å². The maximum atomic E-state index is 10.8. The third-order valence-corrected chi connectivity index (χ3v) is 1.98. The number of rotatable bonds is 1. The zero-order valence-electron chi connectivity index (χ0n) is 6.61. The summed E-state index contributed by atoms with van der Waals surface area (Å²) in [7, 11) is 0. The number of thiol groups is 1. The number of hydrogen-bond acceptors (Lipinski definition) is 3. The molecule has 0 fully saturated rings. The Kier molecular flexibility index (Phi) is 1.73. The van der Waals surface area contributed by atoms with Crippen molar-refractivity contribution < 1.29 is 4.79 Å². The van der Waals surface area contributed by atoms with Gasteiger partial charge in [-0.25, -0.2) is 4.98 Å². The lowest BCUT2D eigenvalue weighted by atomic mass is 10.3. The second kappa shape index (κ2) is 2.77. The van der Waals surface area contributed by atoms with Gasteiger partial charge in [0.25, 0.3) is 5.91 Å². The van der Waals surface area contributed by atoms with Crippen LogP contribution in [0.1, 0.15) is 10.6 Å². The maximum absolute atomic E-state index is 10.8. The van der Waals surface area contributed by atoms with Crippen molar-refractivity contribution in [2.24, 2.45) is 5.73 Å². The van der Waals surface area contributed by atoms with Gasteiger partial charge in [0.05, 0.1) is 11.0 Å². The van der Waals surface area contributed by atoms with E-state index in [1.54, 1.807) is 18.2 Å². The van der Waals surface area contributed by atoms with Crippen molar-refractivity contribution in [3.63, 3.8) is 0 Å². The molecule has 66 valence electrons. The fraction of sp³-hybridized carbons (Fsp3) is 0. The Morgan fingerprint density at radius 2 is 2.31 bits per heavy atom. The minimum atomic E-state index is -0.558. The summed E-state index contributed by atoms with van der Waals surface area (Å²) in [6.07, 6.45) is 0. The first kappa shape index (κ1) is 8.12. The van der Waals surface area contributed by atoms with E-state index in [1.165, 1.54) is 0 Å². The van der Waals surface area contributed by atoms with Gasteiger partial charge in [0.1, 0.15) is 0 Å². The number of fused-ring (bicyclic) bond motifs is 1. The van der Waals surface area contributed by atoms with Crippen LogP contribution in [0.5, 0.6) is 0 Å². The van der Waals surface area contributed by atoms with E-state index in [0.29, 0.717) is 5.52 Å². The summed E-state index contributed by atoms with van der Waals surface area (Å²) in [6.45, 7) is 0. The quantitative estimate of drug-likeness (QED) is 0.590. The molecule has 2 rings (SSSR count). The normalized spacial score (nSPS) is 10.5. The molecule has 3 N–H and O–H groups in total. The van der Waals surface area contributed by atoms with Gasteiger partial charge in [-0.2, -0.15) is 0 Å². The number of carbonyl (C=O) groups excluding carboxylic acids is 1. The first-order valence-electron chi connectivity index (χ1n) is 3.65. The van der Waals surface area contributed by atoms with Crippen molar-refractivity contribution in [2.75, 3.05) is 0 Å². The first-order valence-corrected chi connectivity index (χ1v) is 4.10. The molecule has 1 aromatic heterocycles. The van der Waals surface area contributed by atoms with Gasteiger partial charge in [0.2, 0.25) is 0 Å². The van der Waals surface area contributed by atoms with Crippen LogP contribution in [-0.2, 0) is 0 Å². The molecule has 0 aliphatic carbocycles. The zero-order chi connectivity index (χ0) is 9.42. The van der Waals surface area contributed by atoms with E-state index >= 15 is 0 Å². The molecule has 1 amide bonds. The summed E-state index contributed by atoms with van der Waals surface area (Å²) >= 11 is 4.16. The van der Waals surface area contributed by atoms with E-state index in [4.69, 9.17) is 5.73 Å². The van der Waals surface area contributed by atoms with Gasteiger partial charge in [-0.05, 0) is 18.2 Å². The van der Waals surface area contributed by atoms with Crippen LogP contribution in [0.2, 0.25) is 0 Å². The predicted octanol–water partition coefficient (Wildman–Crippen LogP) is 0.950. The van der Waals surface area contributed by atoms with E-state index < -0.39 is 5.91 Å². The van der Waals surface area contributed by atoms with E-state index in [9.17, 15) is 4.79 Å². The van der Waals surface area contributed by atoms with Gasteiger partial charge in [-0.15, -0.1) is 12.6 Å². The molecule has 0 saturated heterocycles. The summed E-state index contributed by atoms with van der Waals surface area (Å²) in [5, 5.41) is 0. The molecule has 0 aliphatic rings. The Morgan fingerprint density at radius 1 is 1.54 bits per heavy atom. The number of benzene rings is 1. The van der Waals surface area contributed by atoms with Crippen molar-refractivity contribution in [1.82, 2.24) is 9.97 Å². The fourth-order valence-electron chi connectivity index (χ4n) is 1.11. The van der Waals surface area contributed by atoms with E-state index in [-0.39, 0.29) is 5.82 Å². The average Bonchev–Trinajstić information content (AvgIpc) is 2.46. The van der Waals surface area contributed by atoms with Crippen LogP contribution in [0.15, 0.2) is 23.1 Å². The van der Waals surface area contributed by atoms with Gasteiger partial charge < -0.3 is 10.7 Å². The molecule has 1 heterocycles. The standard InChI is InChI=1S/C8H7N3OS/c9-7(12)8-10-5-2-1-4(13)3-6(5)11-8/h1-3,13H,(H2,9,12)(H,10,11). The Hall–Kier alpha value is -1.49. The Bertz CT molecular complexity index is 477. The minimum absolute atomic E-state index is 0.175. The molecular formula is C8H7N3OS. The molecule has 0 bridgehead atoms. The second-order valence-electron chi connectivity index (χ2n) is 2.65. The SMILES string of the molecule is NC(=O)c1nc2ccc(S)cc2[nH]1. The molecule has 4 nitrogen and oxygen atoms in total. The molecule has 5 heteroatoms. The lowest BCUT2D eigenvalue weighted by molar-refractivity contribution is 0.0991. The van der Waals surface area contributed by atoms with Crippen LogP contribution in [0.3, 0.4) is 0 Å². The van der Waals surface area contributed by atoms with Gasteiger partial charge >= 0.3 is 0 Å². The number of nitrogens with zero attached hydrogens (tertiary/aromatic N) is 1. The maximum Gasteiger partial charge on any atom is 0.284 e. The summed E-state index contributed by atoms with van der Waals surface area (Å²) in [6, 6.07) is 5.37. The lowest BCUT2D eigenvalue weighted by Gasteiger charge is -1.88. The highest BCUT2D eigenvalue weighted by molar-refractivity contribution is 7.80. The van der Waals surface area contributed by atoms with Gasteiger partial charge in [-0.1, -0.05) is 0 Å². The highest BCUT2D eigenvalue weighted by Gasteiger charge is 2.06. The van der Waals surface area contributed by atoms with Gasteiger partial charge in [-0.3, -0.25) is 4.79 Å². The number of imidazole rings is 1. The smallest absolute Gasteiger partial charge is 0.284 e. The van der Waals surface area contributed by atoms with Gasteiger partial charge in [0, 0.05) is 4.90 Å². The Labute approximate surface area is 79.6 Å². The zero-order valence-corrected chi connectivity index (χ0v) is 7.51. The number of nitrogens with two attached hydrogens (primary N) is 1. The van der Waals surface area contributed by atoms with Crippen LogP contribution in [-0.4, -0.2) is 15.9 Å². The number of primary amides is 1. The third kappa shape index (κ3) is 1.38. The minimum Gasteiger partial charge on any atom is -0.363 e. The molecular weight excluding hydrogens is 186 g/mol. The van der Waals surface area contributed by atoms with Crippen molar-refractivity contribution in [2.45, 2.75) is 4.90 Å². The lowest BCUT2D eigenvalue weighted by Crippen LogP contribution is -2.12. The first-order chi connectivity index (χ1) is 6.16. The summed E-state index contributed by atoms with van der Waals surface area (Å²) in [5.74, 6) is -0.383. The van der Waals surface area contributed by atoms with Gasteiger partial charge in [0.15, 0.2) is 5.82 Å². The van der Waals surface area contributed by atoms with Crippen molar-refractivity contribution in [3.05, 3.63) is 24.0 Å². The number of aromatic nitrogens is 2. The number of carbonyl (C=O) groups is 1. The van der Waals surface area contributed by atoms with E-state index in [0.717, 1.165) is 10.4 Å². The Morgan fingerprint density at radius 3 is 3.00 bits per heavy atom. The molecule has 13 heavy (non-hydrogen) atoms. The predicted molar refractivity (Wildman–Crippen MR) is 51.9 cm³/mol. The summed E-state index contributed by atoms with van der Waals surface area (Å²) < 4.78 is 0. The largest absolute Gasteiger partial charge is 0.363 e.